The monoisotopic (exact) mass is 574 g/mol. The Morgan fingerprint density at radius 3 is 2.26 bits per heavy atom. The number of aliphatic imine (C=N–C) groups is 1. The van der Waals surface area contributed by atoms with Crippen LogP contribution in [0, 0.1) is 0 Å². The Kier molecular flexibility index (Phi) is 8.33. The minimum Gasteiger partial charge on any atom is -0.494 e. The van der Waals surface area contributed by atoms with Crippen LogP contribution in [0.4, 0.5) is 5.00 Å². The molecule has 0 fully saturated rings. The van der Waals surface area contributed by atoms with Gasteiger partial charge < -0.3 is 14.0 Å². The maximum Gasteiger partial charge on any atom is 0.341 e. The van der Waals surface area contributed by atoms with Gasteiger partial charge in [0.1, 0.15) is 10.8 Å². The highest BCUT2D eigenvalue weighted by Gasteiger charge is 2.26. The molecule has 1 aliphatic rings. The number of benzene rings is 3. The van der Waals surface area contributed by atoms with E-state index in [2.05, 4.69) is 71.3 Å². The van der Waals surface area contributed by atoms with Crippen LogP contribution >= 0.6 is 11.3 Å². The van der Waals surface area contributed by atoms with Gasteiger partial charge in [0.15, 0.2) is 0 Å². The molecule has 42 heavy (non-hydrogen) atoms. The first-order chi connectivity index (χ1) is 20.7. The average molecular weight is 575 g/mol. The molecule has 0 aliphatic heterocycles. The normalized spacial score (nSPS) is 12.8. The van der Waals surface area contributed by atoms with Crippen LogP contribution in [0.5, 0.6) is 5.75 Å². The minimum absolute atomic E-state index is 0.274. The number of aromatic nitrogens is 1. The molecule has 0 bridgehead atoms. The van der Waals surface area contributed by atoms with Gasteiger partial charge in [-0.05, 0) is 86.6 Å². The number of rotatable bonds is 9. The molecule has 0 atom stereocenters. The summed E-state index contributed by atoms with van der Waals surface area (Å²) in [6.45, 7) is 4.80. The summed E-state index contributed by atoms with van der Waals surface area (Å²) in [6.07, 6.45) is 6.03. The highest BCUT2D eigenvalue weighted by atomic mass is 32.1. The molecular formula is C36H34N2O3S. The summed E-state index contributed by atoms with van der Waals surface area (Å²) in [7, 11) is 0. The van der Waals surface area contributed by atoms with Gasteiger partial charge in [-0.1, -0.05) is 60.7 Å². The summed E-state index contributed by atoms with van der Waals surface area (Å²) in [5.74, 6) is 0.565. The minimum atomic E-state index is -0.274. The van der Waals surface area contributed by atoms with E-state index >= 15 is 0 Å². The van der Waals surface area contributed by atoms with Crippen LogP contribution in [0.15, 0.2) is 96.0 Å². The van der Waals surface area contributed by atoms with E-state index in [0.29, 0.717) is 18.8 Å². The van der Waals surface area contributed by atoms with Crippen molar-refractivity contribution in [3.8, 4) is 34.0 Å². The van der Waals surface area contributed by atoms with E-state index in [9.17, 15) is 4.79 Å². The maximum atomic E-state index is 13.1. The fourth-order valence-corrected chi connectivity index (χ4v) is 6.87. The number of ether oxygens (including phenoxy) is 2. The van der Waals surface area contributed by atoms with Crippen molar-refractivity contribution < 1.29 is 14.3 Å². The fraction of sp³-hybridized carbons (Fsp3) is 0.222. The van der Waals surface area contributed by atoms with Crippen LogP contribution in [0.25, 0.3) is 28.2 Å². The SMILES string of the molecule is CCOC(=O)c1c(N=Cc2cc(-c3ccccc3)n(-c3ccc(OCC)cc3)c2-c2ccccc2)sc2c1CCCC2. The molecule has 3 aromatic carbocycles. The molecule has 212 valence electrons. The summed E-state index contributed by atoms with van der Waals surface area (Å²) in [4.78, 5) is 19.4. The number of fused-ring (bicyclic) bond motifs is 1. The summed E-state index contributed by atoms with van der Waals surface area (Å²) in [5, 5.41) is 0.731. The number of esters is 1. The fourth-order valence-electron chi connectivity index (χ4n) is 5.65. The van der Waals surface area contributed by atoms with Crippen LogP contribution in [-0.4, -0.2) is 30.0 Å². The predicted octanol–water partition coefficient (Wildman–Crippen LogP) is 9.08. The van der Waals surface area contributed by atoms with Crippen molar-refractivity contribution in [2.24, 2.45) is 4.99 Å². The van der Waals surface area contributed by atoms with E-state index < -0.39 is 0 Å². The van der Waals surface area contributed by atoms with E-state index in [-0.39, 0.29) is 5.97 Å². The van der Waals surface area contributed by atoms with Gasteiger partial charge in [-0.25, -0.2) is 9.79 Å². The highest BCUT2D eigenvalue weighted by molar-refractivity contribution is 7.16. The second-order valence-corrected chi connectivity index (χ2v) is 11.3. The Bertz CT molecular complexity index is 1700. The van der Waals surface area contributed by atoms with Gasteiger partial charge in [0, 0.05) is 22.3 Å². The second-order valence-electron chi connectivity index (χ2n) is 10.2. The molecule has 6 rings (SSSR count). The summed E-state index contributed by atoms with van der Waals surface area (Å²) < 4.78 is 13.5. The number of nitrogens with zero attached hydrogens (tertiary/aromatic N) is 2. The molecule has 2 heterocycles. The lowest BCUT2D eigenvalue weighted by Gasteiger charge is -2.15. The van der Waals surface area contributed by atoms with Crippen molar-refractivity contribution in [1.82, 2.24) is 4.57 Å². The van der Waals surface area contributed by atoms with Gasteiger partial charge in [0.25, 0.3) is 0 Å². The average Bonchev–Trinajstić information content (AvgIpc) is 3.60. The third kappa shape index (κ3) is 5.55. The quantitative estimate of drug-likeness (QED) is 0.130. The third-order valence-electron chi connectivity index (χ3n) is 7.51. The van der Waals surface area contributed by atoms with Crippen LogP contribution in [0.3, 0.4) is 0 Å². The first-order valence-electron chi connectivity index (χ1n) is 14.6. The molecule has 0 unspecified atom stereocenters. The molecule has 2 aromatic heterocycles. The number of aryl methyl sites for hydroxylation is 1. The van der Waals surface area contributed by atoms with Crippen LogP contribution in [0.1, 0.15) is 53.1 Å². The molecule has 5 nitrogen and oxygen atoms in total. The molecule has 0 saturated heterocycles. The number of thiophene rings is 1. The van der Waals surface area contributed by atoms with E-state index in [1.807, 2.05) is 44.3 Å². The number of hydrogen-bond donors (Lipinski definition) is 0. The van der Waals surface area contributed by atoms with Crippen molar-refractivity contribution in [3.63, 3.8) is 0 Å². The molecule has 6 heteroatoms. The lowest BCUT2D eigenvalue weighted by atomic mass is 9.95. The van der Waals surface area contributed by atoms with E-state index in [4.69, 9.17) is 14.5 Å². The summed E-state index contributed by atoms with van der Waals surface area (Å²) in [6, 6.07) is 31.2. The first kappa shape index (κ1) is 27.7. The zero-order chi connectivity index (χ0) is 28.9. The molecule has 0 radical (unpaired) electrons. The topological polar surface area (TPSA) is 52.8 Å². The van der Waals surface area contributed by atoms with Gasteiger partial charge in [0.05, 0.1) is 30.2 Å². The molecule has 0 saturated carbocycles. The van der Waals surface area contributed by atoms with E-state index in [0.717, 1.165) is 75.8 Å². The Labute approximate surface area is 251 Å². The lowest BCUT2D eigenvalue weighted by molar-refractivity contribution is 0.0526. The molecule has 5 aromatic rings. The van der Waals surface area contributed by atoms with Gasteiger partial charge in [-0.2, -0.15) is 0 Å². The Morgan fingerprint density at radius 2 is 1.57 bits per heavy atom. The predicted molar refractivity (Wildman–Crippen MR) is 172 cm³/mol. The smallest absolute Gasteiger partial charge is 0.341 e. The van der Waals surface area contributed by atoms with Crippen molar-refractivity contribution in [2.45, 2.75) is 39.5 Å². The molecule has 0 spiro atoms. The van der Waals surface area contributed by atoms with E-state index in [1.54, 1.807) is 11.3 Å². The van der Waals surface area contributed by atoms with Crippen molar-refractivity contribution >= 4 is 28.5 Å². The molecular weight excluding hydrogens is 540 g/mol. The number of hydrogen-bond acceptors (Lipinski definition) is 5. The van der Waals surface area contributed by atoms with Crippen molar-refractivity contribution in [2.75, 3.05) is 13.2 Å². The zero-order valence-electron chi connectivity index (χ0n) is 24.0. The first-order valence-corrected chi connectivity index (χ1v) is 15.4. The largest absolute Gasteiger partial charge is 0.494 e. The lowest BCUT2D eigenvalue weighted by Crippen LogP contribution is -2.09. The molecule has 0 N–H and O–H groups in total. The number of carbonyl (C=O) groups excluding carboxylic acids is 1. The number of carbonyl (C=O) groups is 1. The zero-order valence-corrected chi connectivity index (χ0v) is 24.8. The van der Waals surface area contributed by atoms with Crippen molar-refractivity contribution in [3.05, 3.63) is 113 Å². The van der Waals surface area contributed by atoms with Crippen LogP contribution < -0.4 is 4.74 Å². The van der Waals surface area contributed by atoms with Gasteiger partial charge >= 0.3 is 5.97 Å². The Morgan fingerprint density at radius 1 is 0.881 bits per heavy atom. The van der Waals surface area contributed by atoms with E-state index in [1.165, 1.54) is 4.88 Å². The van der Waals surface area contributed by atoms with Crippen molar-refractivity contribution in [1.29, 1.82) is 0 Å². The highest BCUT2D eigenvalue weighted by Crippen LogP contribution is 2.41. The van der Waals surface area contributed by atoms with Gasteiger partial charge in [-0.15, -0.1) is 11.3 Å². The molecule has 1 aliphatic carbocycles. The second kappa shape index (κ2) is 12.6. The van der Waals surface area contributed by atoms with Crippen LogP contribution in [-0.2, 0) is 17.6 Å². The molecule has 0 amide bonds. The third-order valence-corrected chi connectivity index (χ3v) is 8.71. The van der Waals surface area contributed by atoms with Crippen LogP contribution in [0.2, 0.25) is 0 Å². The maximum absolute atomic E-state index is 13.1. The van der Waals surface area contributed by atoms with Gasteiger partial charge in [0.2, 0.25) is 0 Å². The Hall–Kier alpha value is -4.42. The van der Waals surface area contributed by atoms with Gasteiger partial charge in [-0.3, -0.25) is 0 Å². The Balaban J connectivity index is 1.55. The standard InChI is InChI=1S/C36H34N2O3S/c1-3-40-29-21-19-28(20-22-29)38-31(25-13-7-5-8-14-25)23-27(34(38)26-15-9-6-10-16-26)24-37-35-33(36(39)41-4-2)30-17-11-12-18-32(30)42-35/h5-10,13-16,19-24H,3-4,11-12,17-18H2,1-2H3. The summed E-state index contributed by atoms with van der Waals surface area (Å²) >= 11 is 1.63. The summed E-state index contributed by atoms with van der Waals surface area (Å²) in [5.41, 5.74) is 8.01.